The van der Waals surface area contributed by atoms with Crippen LogP contribution >= 0.6 is 0 Å². The number of oxime groups is 1. The molecule has 0 atom stereocenters. The predicted molar refractivity (Wildman–Crippen MR) is 60.1 cm³/mol. The lowest BCUT2D eigenvalue weighted by Crippen LogP contribution is -2.15. The fourth-order valence-corrected chi connectivity index (χ4v) is 1.36. The summed E-state index contributed by atoms with van der Waals surface area (Å²) in [5.41, 5.74) is 0.243. The lowest BCUT2D eigenvalue weighted by molar-refractivity contribution is 0.297. The third-order valence-electron chi connectivity index (χ3n) is 2.06. The zero-order valence-electron chi connectivity index (χ0n) is 8.67. The molecule has 2 rings (SSSR count). The first-order chi connectivity index (χ1) is 7.76. The Morgan fingerprint density at radius 2 is 2.56 bits per heavy atom. The van der Waals surface area contributed by atoms with Crippen LogP contribution in [-0.4, -0.2) is 21.3 Å². The van der Waals surface area contributed by atoms with Crippen LogP contribution in [0.2, 0.25) is 0 Å². The van der Waals surface area contributed by atoms with E-state index >= 15 is 0 Å². The molecule has 2 aromatic heterocycles. The summed E-state index contributed by atoms with van der Waals surface area (Å²) >= 11 is 0. The lowest BCUT2D eigenvalue weighted by atomic mass is 10.4. The summed E-state index contributed by atoms with van der Waals surface area (Å²) < 4.78 is 1.48. The van der Waals surface area contributed by atoms with Crippen molar-refractivity contribution in [1.82, 2.24) is 14.6 Å². The highest BCUT2D eigenvalue weighted by Gasteiger charge is 2.08. The van der Waals surface area contributed by atoms with Crippen molar-refractivity contribution in [2.24, 2.45) is 5.16 Å². The van der Waals surface area contributed by atoms with Gasteiger partial charge in [0.2, 0.25) is 0 Å². The molecular formula is C10H10N4O2. The van der Waals surface area contributed by atoms with E-state index in [4.69, 9.17) is 4.84 Å². The summed E-state index contributed by atoms with van der Waals surface area (Å²) in [4.78, 5) is 19.1. The molecule has 2 heterocycles. The van der Waals surface area contributed by atoms with Crippen molar-refractivity contribution in [2.45, 2.75) is 6.92 Å². The summed E-state index contributed by atoms with van der Waals surface area (Å²) in [6.45, 7) is 4.96. The second-order valence-corrected chi connectivity index (χ2v) is 3.01. The van der Waals surface area contributed by atoms with E-state index < -0.39 is 0 Å². The van der Waals surface area contributed by atoms with E-state index in [9.17, 15) is 4.79 Å². The molecule has 0 aromatic carbocycles. The molecule has 0 radical (unpaired) electrons. The predicted octanol–water partition coefficient (Wildman–Crippen LogP) is 1.02. The zero-order chi connectivity index (χ0) is 11.5. The van der Waals surface area contributed by atoms with Gasteiger partial charge in [0.25, 0.3) is 5.56 Å². The number of hydrogen-bond acceptors (Lipinski definition) is 4. The summed E-state index contributed by atoms with van der Waals surface area (Å²) in [6.07, 6.45) is 3.32. The standard InChI is InChI=1S/C10H10N4O2/c1-3-8(16-11-2)9-12-10(15)7-5-4-6-14(7)13-9/h3-6H,2H2,1H3,(H,12,13,15)/b8-3-. The summed E-state index contributed by atoms with van der Waals surface area (Å²) in [7, 11) is 0. The van der Waals surface area contributed by atoms with Gasteiger partial charge in [-0.05, 0) is 25.1 Å². The second-order valence-electron chi connectivity index (χ2n) is 3.01. The van der Waals surface area contributed by atoms with E-state index in [0.717, 1.165) is 0 Å². The van der Waals surface area contributed by atoms with Crippen molar-refractivity contribution in [1.29, 1.82) is 0 Å². The molecule has 0 bridgehead atoms. The van der Waals surface area contributed by atoms with Gasteiger partial charge in [0.05, 0.1) is 0 Å². The van der Waals surface area contributed by atoms with Gasteiger partial charge < -0.3 is 9.82 Å². The molecule has 0 unspecified atom stereocenters. The molecule has 0 spiro atoms. The number of H-pyrrole nitrogens is 1. The van der Waals surface area contributed by atoms with Crippen LogP contribution in [0, 0.1) is 0 Å². The Morgan fingerprint density at radius 3 is 3.25 bits per heavy atom. The minimum Gasteiger partial charge on any atom is -0.354 e. The van der Waals surface area contributed by atoms with Crippen LogP contribution in [0.3, 0.4) is 0 Å². The molecule has 0 aliphatic heterocycles. The van der Waals surface area contributed by atoms with Crippen LogP contribution in [0.1, 0.15) is 12.7 Å². The molecule has 0 saturated heterocycles. The quantitative estimate of drug-likeness (QED) is 0.475. The van der Waals surface area contributed by atoms with Gasteiger partial charge >= 0.3 is 0 Å². The highest BCUT2D eigenvalue weighted by molar-refractivity contribution is 5.54. The van der Waals surface area contributed by atoms with Crippen molar-refractivity contribution in [3.8, 4) is 0 Å². The Morgan fingerprint density at radius 1 is 1.75 bits per heavy atom. The Labute approximate surface area is 90.9 Å². The van der Waals surface area contributed by atoms with Crippen molar-refractivity contribution < 1.29 is 4.84 Å². The Kier molecular flexibility index (Phi) is 2.55. The van der Waals surface area contributed by atoms with Gasteiger partial charge in [0.1, 0.15) is 5.52 Å². The first-order valence-corrected chi connectivity index (χ1v) is 4.63. The molecule has 1 N–H and O–H groups in total. The number of nitrogens with one attached hydrogen (secondary N) is 1. The van der Waals surface area contributed by atoms with Crippen molar-refractivity contribution in [3.63, 3.8) is 0 Å². The molecule has 16 heavy (non-hydrogen) atoms. The number of hydrogen-bond donors (Lipinski definition) is 1. The van der Waals surface area contributed by atoms with E-state index in [0.29, 0.717) is 17.1 Å². The first-order valence-electron chi connectivity index (χ1n) is 4.63. The van der Waals surface area contributed by atoms with E-state index in [1.807, 2.05) is 0 Å². The topological polar surface area (TPSA) is 71.8 Å². The minimum absolute atomic E-state index is 0.234. The number of aromatic nitrogens is 3. The maximum atomic E-state index is 11.6. The van der Waals surface area contributed by atoms with Crippen LogP contribution in [0.25, 0.3) is 11.3 Å². The van der Waals surface area contributed by atoms with Crippen LogP contribution < -0.4 is 5.56 Å². The van der Waals surface area contributed by atoms with E-state index in [2.05, 4.69) is 22.0 Å². The molecule has 0 aliphatic rings. The smallest absolute Gasteiger partial charge is 0.275 e. The fraction of sp³-hybridized carbons (Fsp3) is 0.100. The summed E-state index contributed by atoms with van der Waals surface area (Å²) in [6, 6.07) is 3.42. The highest BCUT2D eigenvalue weighted by atomic mass is 16.6. The number of fused-ring (bicyclic) bond motifs is 1. The van der Waals surface area contributed by atoms with Crippen molar-refractivity contribution >= 4 is 18.0 Å². The number of aromatic amines is 1. The van der Waals surface area contributed by atoms with Gasteiger partial charge in [-0.2, -0.15) is 0 Å². The van der Waals surface area contributed by atoms with Crippen LogP contribution in [0.15, 0.2) is 34.4 Å². The Hall–Kier alpha value is -2.37. The number of nitrogens with zero attached hydrogens (tertiary/aromatic N) is 3. The lowest BCUT2D eigenvalue weighted by Gasteiger charge is -2.03. The largest absolute Gasteiger partial charge is 0.354 e. The summed E-state index contributed by atoms with van der Waals surface area (Å²) in [5.74, 6) is 0.659. The van der Waals surface area contributed by atoms with E-state index in [-0.39, 0.29) is 5.56 Å². The fourth-order valence-electron chi connectivity index (χ4n) is 1.36. The molecule has 6 nitrogen and oxygen atoms in total. The third-order valence-corrected chi connectivity index (χ3v) is 2.06. The molecule has 0 saturated carbocycles. The monoisotopic (exact) mass is 218 g/mol. The normalized spacial score (nSPS) is 11.7. The van der Waals surface area contributed by atoms with Gasteiger partial charge in [-0.15, -0.1) is 5.10 Å². The number of rotatable bonds is 3. The Bertz CT molecular complexity index is 609. The van der Waals surface area contributed by atoms with Gasteiger partial charge in [0.15, 0.2) is 11.6 Å². The average Bonchev–Trinajstić information content (AvgIpc) is 2.74. The van der Waals surface area contributed by atoms with Crippen LogP contribution in [-0.2, 0) is 4.84 Å². The summed E-state index contributed by atoms with van der Waals surface area (Å²) in [5, 5.41) is 7.46. The average molecular weight is 218 g/mol. The SMILES string of the molecule is C=NO/C(=C\C)c1nn2cccc2c(=O)[nH]1. The van der Waals surface area contributed by atoms with Gasteiger partial charge in [-0.3, -0.25) is 4.79 Å². The maximum absolute atomic E-state index is 11.6. The molecular weight excluding hydrogens is 208 g/mol. The van der Waals surface area contributed by atoms with Crippen molar-refractivity contribution in [2.75, 3.05) is 0 Å². The van der Waals surface area contributed by atoms with Gasteiger partial charge in [-0.25, -0.2) is 4.52 Å². The third kappa shape index (κ3) is 1.60. The molecule has 0 amide bonds. The van der Waals surface area contributed by atoms with E-state index in [1.165, 1.54) is 4.52 Å². The second kappa shape index (κ2) is 4.01. The van der Waals surface area contributed by atoms with Crippen LogP contribution in [0.4, 0.5) is 0 Å². The minimum atomic E-state index is -0.234. The molecule has 2 aromatic rings. The van der Waals surface area contributed by atoms with Crippen LogP contribution in [0.5, 0.6) is 0 Å². The molecule has 0 aliphatic carbocycles. The zero-order valence-corrected chi connectivity index (χ0v) is 8.67. The van der Waals surface area contributed by atoms with Crippen molar-refractivity contribution in [3.05, 3.63) is 40.6 Å². The molecule has 82 valence electrons. The van der Waals surface area contributed by atoms with Gasteiger partial charge in [-0.1, -0.05) is 5.16 Å². The highest BCUT2D eigenvalue weighted by Crippen LogP contribution is 2.09. The number of allylic oxidation sites excluding steroid dienone is 1. The van der Waals surface area contributed by atoms with Gasteiger partial charge in [0, 0.05) is 12.9 Å². The molecule has 6 heteroatoms. The molecule has 0 fully saturated rings. The maximum Gasteiger partial charge on any atom is 0.275 e. The van der Waals surface area contributed by atoms with E-state index in [1.54, 1.807) is 31.3 Å². The Balaban J connectivity index is 2.61. The first kappa shape index (κ1) is 10.2.